The molecule has 0 aliphatic carbocycles. The number of hydrogen-bond donors (Lipinski definition) is 1. The van der Waals surface area contributed by atoms with Crippen LogP contribution < -0.4 is 10.1 Å². The van der Waals surface area contributed by atoms with Crippen molar-refractivity contribution < 1.29 is 13.9 Å². The lowest BCUT2D eigenvalue weighted by Gasteiger charge is -2.08. The second kappa shape index (κ2) is 6.52. The molecule has 0 radical (unpaired) electrons. The number of hydrogen-bond acceptors (Lipinski definition) is 2. The average molecular weight is 338 g/mol. The topological polar surface area (TPSA) is 38.3 Å². The van der Waals surface area contributed by atoms with E-state index in [1.54, 1.807) is 37.4 Å². The van der Waals surface area contributed by atoms with E-state index in [-0.39, 0.29) is 18.3 Å². The maximum atomic E-state index is 13.0. The Morgan fingerprint density at radius 3 is 2.75 bits per heavy atom. The van der Waals surface area contributed by atoms with Gasteiger partial charge in [-0.2, -0.15) is 0 Å². The highest BCUT2D eigenvalue weighted by Gasteiger charge is 2.08. The Kier molecular flexibility index (Phi) is 4.74. The lowest BCUT2D eigenvalue weighted by molar-refractivity contribution is 0.0950. The summed E-state index contributed by atoms with van der Waals surface area (Å²) in [6.45, 7) is 0.278. The highest BCUT2D eigenvalue weighted by molar-refractivity contribution is 9.10. The van der Waals surface area contributed by atoms with E-state index in [4.69, 9.17) is 4.74 Å². The van der Waals surface area contributed by atoms with Crippen molar-refractivity contribution in [1.82, 2.24) is 5.32 Å². The minimum Gasteiger partial charge on any atom is -0.496 e. The highest BCUT2D eigenvalue weighted by atomic mass is 79.9. The molecular formula is C15H13BrFNO2. The second-order valence-corrected chi connectivity index (χ2v) is 5.02. The summed E-state index contributed by atoms with van der Waals surface area (Å²) in [5, 5.41) is 2.74. The second-order valence-electron chi connectivity index (χ2n) is 4.16. The number of carbonyl (C=O) groups is 1. The third-order valence-electron chi connectivity index (χ3n) is 2.76. The van der Waals surface area contributed by atoms with Crippen LogP contribution in [0.1, 0.15) is 15.9 Å². The molecule has 0 aliphatic heterocycles. The minimum absolute atomic E-state index is 0.224. The van der Waals surface area contributed by atoms with Gasteiger partial charge in [-0.1, -0.05) is 12.1 Å². The summed E-state index contributed by atoms with van der Waals surface area (Å²) in [5.41, 5.74) is 1.22. The lowest BCUT2D eigenvalue weighted by atomic mass is 10.2. The van der Waals surface area contributed by atoms with E-state index < -0.39 is 0 Å². The van der Waals surface area contributed by atoms with Gasteiger partial charge in [-0.15, -0.1) is 0 Å². The zero-order chi connectivity index (χ0) is 14.5. The molecule has 0 aromatic heterocycles. The molecule has 1 amide bonds. The lowest BCUT2D eigenvalue weighted by Crippen LogP contribution is -2.22. The number of ether oxygens (including phenoxy) is 1. The van der Waals surface area contributed by atoms with Gasteiger partial charge in [0.1, 0.15) is 11.6 Å². The predicted octanol–water partition coefficient (Wildman–Crippen LogP) is 3.53. The van der Waals surface area contributed by atoms with E-state index in [0.717, 1.165) is 0 Å². The zero-order valence-corrected chi connectivity index (χ0v) is 12.4. The van der Waals surface area contributed by atoms with Crippen LogP contribution in [0.5, 0.6) is 5.75 Å². The van der Waals surface area contributed by atoms with Crippen molar-refractivity contribution in [2.24, 2.45) is 0 Å². The SMILES string of the molecule is COc1ccc(C(=O)NCc2cccc(F)c2)cc1Br. The number of nitrogens with one attached hydrogen (secondary N) is 1. The van der Waals surface area contributed by atoms with Gasteiger partial charge in [-0.05, 0) is 51.8 Å². The molecule has 1 N–H and O–H groups in total. The smallest absolute Gasteiger partial charge is 0.251 e. The minimum atomic E-state index is -0.316. The van der Waals surface area contributed by atoms with Gasteiger partial charge in [0.05, 0.1) is 11.6 Å². The Labute approximate surface area is 124 Å². The molecule has 2 rings (SSSR count). The first-order chi connectivity index (χ1) is 9.60. The number of amides is 1. The standard InChI is InChI=1S/C15H13BrFNO2/c1-20-14-6-5-11(8-13(14)16)15(19)18-9-10-3-2-4-12(17)7-10/h2-8H,9H2,1H3,(H,18,19). The van der Waals surface area contributed by atoms with Crippen molar-refractivity contribution in [3.05, 3.63) is 63.9 Å². The molecule has 0 heterocycles. The first-order valence-corrected chi connectivity index (χ1v) is 6.75. The van der Waals surface area contributed by atoms with Crippen molar-refractivity contribution in [3.63, 3.8) is 0 Å². The van der Waals surface area contributed by atoms with Crippen LogP contribution in [0, 0.1) is 5.82 Å². The summed E-state index contributed by atoms with van der Waals surface area (Å²) < 4.78 is 18.8. The number of halogens is 2. The van der Waals surface area contributed by atoms with Crippen LogP contribution in [0.4, 0.5) is 4.39 Å². The number of methoxy groups -OCH3 is 1. The molecule has 0 aliphatic rings. The van der Waals surface area contributed by atoms with E-state index >= 15 is 0 Å². The van der Waals surface area contributed by atoms with Crippen LogP contribution >= 0.6 is 15.9 Å². The summed E-state index contributed by atoms with van der Waals surface area (Å²) >= 11 is 3.33. The maximum Gasteiger partial charge on any atom is 0.251 e. The highest BCUT2D eigenvalue weighted by Crippen LogP contribution is 2.25. The molecule has 2 aromatic carbocycles. The first-order valence-electron chi connectivity index (χ1n) is 5.96. The van der Waals surface area contributed by atoms with E-state index in [9.17, 15) is 9.18 Å². The Balaban J connectivity index is 2.03. The molecule has 0 unspecified atom stereocenters. The van der Waals surface area contributed by atoms with E-state index in [0.29, 0.717) is 21.3 Å². The van der Waals surface area contributed by atoms with Gasteiger partial charge >= 0.3 is 0 Å². The van der Waals surface area contributed by atoms with Crippen molar-refractivity contribution >= 4 is 21.8 Å². The molecule has 3 nitrogen and oxygen atoms in total. The summed E-state index contributed by atoms with van der Waals surface area (Å²) in [6, 6.07) is 11.2. The first kappa shape index (κ1) is 14.5. The van der Waals surface area contributed by atoms with Gasteiger partial charge in [0.25, 0.3) is 5.91 Å². The molecule has 0 bridgehead atoms. The summed E-state index contributed by atoms with van der Waals surface area (Å²) in [4.78, 5) is 12.0. The number of carbonyl (C=O) groups excluding carboxylic acids is 1. The molecule has 0 fully saturated rings. The van der Waals surface area contributed by atoms with Gasteiger partial charge in [-0.3, -0.25) is 4.79 Å². The third kappa shape index (κ3) is 3.57. The van der Waals surface area contributed by atoms with Crippen LogP contribution in [-0.2, 0) is 6.54 Å². The summed E-state index contributed by atoms with van der Waals surface area (Å²) in [7, 11) is 1.56. The molecule has 0 saturated carbocycles. The fourth-order valence-corrected chi connectivity index (χ4v) is 2.28. The van der Waals surface area contributed by atoms with Crippen LogP contribution in [0.2, 0.25) is 0 Å². The number of benzene rings is 2. The quantitative estimate of drug-likeness (QED) is 0.926. The van der Waals surface area contributed by atoms with Crippen molar-refractivity contribution in [3.8, 4) is 5.75 Å². The molecule has 0 spiro atoms. The van der Waals surface area contributed by atoms with Crippen LogP contribution in [0.15, 0.2) is 46.9 Å². The van der Waals surface area contributed by atoms with Gasteiger partial charge in [-0.25, -0.2) is 4.39 Å². The Morgan fingerprint density at radius 1 is 1.30 bits per heavy atom. The van der Waals surface area contributed by atoms with Gasteiger partial charge < -0.3 is 10.1 Å². The summed E-state index contributed by atoms with van der Waals surface area (Å²) in [6.07, 6.45) is 0. The Hall–Kier alpha value is -1.88. The van der Waals surface area contributed by atoms with Crippen molar-refractivity contribution in [2.45, 2.75) is 6.54 Å². The van der Waals surface area contributed by atoms with Gasteiger partial charge in [0.15, 0.2) is 0 Å². The Bertz CT molecular complexity index is 631. The van der Waals surface area contributed by atoms with E-state index in [2.05, 4.69) is 21.2 Å². The van der Waals surface area contributed by atoms with Crippen LogP contribution in [-0.4, -0.2) is 13.0 Å². The van der Waals surface area contributed by atoms with Crippen molar-refractivity contribution in [1.29, 1.82) is 0 Å². The third-order valence-corrected chi connectivity index (χ3v) is 3.38. The monoisotopic (exact) mass is 337 g/mol. The molecule has 0 saturated heterocycles. The molecular weight excluding hydrogens is 325 g/mol. The molecule has 5 heteroatoms. The molecule has 104 valence electrons. The maximum absolute atomic E-state index is 13.0. The fourth-order valence-electron chi connectivity index (χ4n) is 1.74. The number of rotatable bonds is 4. The van der Waals surface area contributed by atoms with Crippen molar-refractivity contribution in [2.75, 3.05) is 7.11 Å². The van der Waals surface area contributed by atoms with E-state index in [1.807, 2.05) is 0 Å². The molecule has 2 aromatic rings. The zero-order valence-electron chi connectivity index (χ0n) is 10.8. The normalized spacial score (nSPS) is 10.2. The molecule has 20 heavy (non-hydrogen) atoms. The Morgan fingerprint density at radius 2 is 2.10 bits per heavy atom. The van der Waals surface area contributed by atoms with Gasteiger partial charge in [0.2, 0.25) is 0 Å². The van der Waals surface area contributed by atoms with Crippen LogP contribution in [0.3, 0.4) is 0 Å². The van der Waals surface area contributed by atoms with E-state index in [1.165, 1.54) is 12.1 Å². The average Bonchev–Trinajstić information content (AvgIpc) is 2.44. The van der Waals surface area contributed by atoms with Gasteiger partial charge in [0, 0.05) is 12.1 Å². The summed E-state index contributed by atoms with van der Waals surface area (Å²) in [5.74, 6) is 0.119. The van der Waals surface area contributed by atoms with Crippen LogP contribution in [0.25, 0.3) is 0 Å². The largest absolute Gasteiger partial charge is 0.496 e. The predicted molar refractivity (Wildman–Crippen MR) is 78.3 cm³/mol. The fraction of sp³-hybridized carbons (Fsp3) is 0.133. The molecule has 0 atom stereocenters.